The van der Waals surface area contributed by atoms with Crippen LogP contribution in [0.1, 0.15) is 42.4 Å². The first-order chi connectivity index (χ1) is 10.0. The second kappa shape index (κ2) is 7.11. The number of nitrogens with zero attached hydrogens (tertiary/aromatic N) is 3. The fourth-order valence-corrected chi connectivity index (χ4v) is 3.64. The highest BCUT2D eigenvalue weighted by Crippen LogP contribution is 2.22. The van der Waals surface area contributed by atoms with Gasteiger partial charge in [-0.2, -0.15) is 0 Å². The van der Waals surface area contributed by atoms with Gasteiger partial charge in [0.05, 0.1) is 11.7 Å². The van der Waals surface area contributed by atoms with Gasteiger partial charge in [0.25, 0.3) is 0 Å². The number of nitrogens with one attached hydrogen (secondary N) is 1. The second-order valence-electron chi connectivity index (χ2n) is 4.80. The molecule has 21 heavy (non-hydrogen) atoms. The first kappa shape index (κ1) is 16.1. The number of aryl methyl sites for hydroxylation is 1. The maximum Gasteiger partial charge on any atom is 0.225 e. The molecule has 114 valence electrons. The Morgan fingerprint density at radius 2 is 2.29 bits per heavy atom. The molecule has 0 saturated carbocycles. The molecule has 0 fully saturated rings. The van der Waals surface area contributed by atoms with E-state index in [0.717, 1.165) is 15.8 Å². The summed E-state index contributed by atoms with van der Waals surface area (Å²) in [6, 6.07) is 0.198. The molecule has 1 unspecified atom stereocenters. The first-order valence-electron chi connectivity index (χ1n) is 6.89. The third-order valence-electron chi connectivity index (χ3n) is 3.07. The van der Waals surface area contributed by atoms with Gasteiger partial charge in [-0.1, -0.05) is 0 Å². The number of hydrogen-bond donors (Lipinski definition) is 1. The summed E-state index contributed by atoms with van der Waals surface area (Å²) < 4.78 is 0. The summed E-state index contributed by atoms with van der Waals surface area (Å²) in [6.45, 7) is 8.99. The zero-order valence-corrected chi connectivity index (χ0v) is 14.3. The number of amides is 1. The van der Waals surface area contributed by atoms with Gasteiger partial charge in [0.15, 0.2) is 5.13 Å². The summed E-state index contributed by atoms with van der Waals surface area (Å²) >= 11 is 3.21. The van der Waals surface area contributed by atoms with Crippen LogP contribution in [0, 0.1) is 6.92 Å². The number of anilines is 1. The molecule has 0 saturated heterocycles. The molecular weight excluding hydrogens is 304 g/mol. The number of carbonyl (C=O) groups is 1. The van der Waals surface area contributed by atoms with Gasteiger partial charge in [0, 0.05) is 36.5 Å². The molecule has 1 atom stereocenters. The van der Waals surface area contributed by atoms with Crippen LogP contribution in [0.15, 0.2) is 11.6 Å². The topological polar surface area (TPSA) is 58.1 Å². The molecule has 2 rings (SSSR count). The SMILES string of the molecule is CCN(C(C)=O)c1nc(CNC(C)c2ncc(C)s2)cs1. The van der Waals surface area contributed by atoms with E-state index in [-0.39, 0.29) is 11.9 Å². The van der Waals surface area contributed by atoms with Crippen LogP contribution in [-0.2, 0) is 11.3 Å². The third-order valence-corrected chi connectivity index (χ3v) is 5.07. The summed E-state index contributed by atoms with van der Waals surface area (Å²) in [5.74, 6) is 0.0259. The zero-order valence-electron chi connectivity index (χ0n) is 12.7. The van der Waals surface area contributed by atoms with Crippen LogP contribution in [0.2, 0.25) is 0 Å². The summed E-state index contributed by atoms with van der Waals surface area (Å²) in [5.41, 5.74) is 0.954. The Balaban J connectivity index is 1.95. The zero-order chi connectivity index (χ0) is 15.4. The summed E-state index contributed by atoms with van der Waals surface area (Å²) in [4.78, 5) is 23.3. The molecule has 2 aromatic heterocycles. The average Bonchev–Trinajstić information content (AvgIpc) is 3.06. The summed E-state index contributed by atoms with van der Waals surface area (Å²) in [7, 11) is 0. The minimum absolute atomic E-state index is 0.0259. The maximum absolute atomic E-state index is 11.5. The number of rotatable bonds is 6. The molecule has 0 aliphatic carbocycles. The van der Waals surface area contributed by atoms with Gasteiger partial charge >= 0.3 is 0 Å². The van der Waals surface area contributed by atoms with Crippen molar-refractivity contribution < 1.29 is 4.79 Å². The van der Waals surface area contributed by atoms with Crippen molar-refractivity contribution in [2.24, 2.45) is 0 Å². The van der Waals surface area contributed by atoms with Crippen LogP contribution in [0.3, 0.4) is 0 Å². The quantitative estimate of drug-likeness (QED) is 0.887. The lowest BCUT2D eigenvalue weighted by Crippen LogP contribution is -2.27. The second-order valence-corrected chi connectivity index (χ2v) is 6.90. The third kappa shape index (κ3) is 4.09. The van der Waals surface area contributed by atoms with Gasteiger partial charge in [-0.05, 0) is 20.8 Å². The van der Waals surface area contributed by atoms with Crippen LogP contribution in [0.5, 0.6) is 0 Å². The van der Waals surface area contributed by atoms with E-state index in [1.165, 1.54) is 16.2 Å². The van der Waals surface area contributed by atoms with E-state index in [1.54, 1.807) is 23.2 Å². The van der Waals surface area contributed by atoms with E-state index in [4.69, 9.17) is 0 Å². The molecular formula is C14H20N4OS2. The smallest absolute Gasteiger partial charge is 0.225 e. The molecule has 2 aromatic rings. The van der Waals surface area contributed by atoms with Crippen LogP contribution in [0.25, 0.3) is 0 Å². The predicted molar refractivity (Wildman–Crippen MR) is 87.9 cm³/mol. The Morgan fingerprint density at radius 3 is 2.86 bits per heavy atom. The first-order valence-corrected chi connectivity index (χ1v) is 8.59. The molecule has 5 nitrogen and oxygen atoms in total. The molecule has 0 aliphatic heterocycles. The summed E-state index contributed by atoms with van der Waals surface area (Å²) in [6.07, 6.45) is 1.89. The lowest BCUT2D eigenvalue weighted by atomic mass is 10.3. The van der Waals surface area contributed by atoms with E-state index < -0.39 is 0 Å². The highest BCUT2D eigenvalue weighted by atomic mass is 32.1. The highest BCUT2D eigenvalue weighted by Gasteiger charge is 2.14. The van der Waals surface area contributed by atoms with E-state index in [2.05, 4.69) is 29.1 Å². The van der Waals surface area contributed by atoms with Crippen molar-refractivity contribution in [1.82, 2.24) is 15.3 Å². The van der Waals surface area contributed by atoms with Crippen molar-refractivity contribution in [3.8, 4) is 0 Å². The van der Waals surface area contributed by atoms with Gasteiger partial charge in [0.2, 0.25) is 5.91 Å². The maximum atomic E-state index is 11.5. The Bertz CT molecular complexity index is 608. The molecule has 2 heterocycles. The summed E-state index contributed by atoms with van der Waals surface area (Å²) in [5, 5.41) is 7.26. The standard InChI is InChI=1S/C14H20N4OS2/c1-5-18(11(4)19)14-17-12(8-20-14)7-15-10(3)13-16-6-9(2)21-13/h6,8,10,15H,5,7H2,1-4H3. The Labute approximate surface area is 133 Å². The van der Waals surface area contributed by atoms with Crippen molar-refractivity contribution in [1.29, 1.82) is 0 Å². The molecule has 1 N–H and O–H groups in total. The van der Waals surface area contributed by atoms with Crippen LogP contribution in [-0.4, -0.2) is 22.4 Å². The van der Waals surface area contributed by atoms with Crippen molar-refractivity contribution in [2.45, 2.75) is 40.3 Å². The largest absolute Gasteiger partial charge is 0.302 e. The Hall–Kier alpha value is -1.31. The van der Waals surface area contributed by atoms with Crippen molar-refractivity contribution in [2.75, 3.05) is 11.4 Å². The molecule has 0 bridgehead atoms. The lowest BCUT2D eigenvalue weighted by Gasteiger charge is -2.14. The van der Waals surface area contributed by atoms with E-state index >= 15 is 0 Å². The fourth-order valence-electron chi connectivity index (χ4n) is 1.91. The number of thiazole rings is 2. The molecule has 1 amide bonds. The normalized spacial score (nSPS) is 12.4. The van der Waals surface area contributed by atoms with Crippen LogP contribution < -0.4 is 10.2 Å². The van der Waals surface area contributed by atoms with Crippen molar-refractivity contribution >= 4 is 33.7 Å². The average molecular weight is 324 g/mol. The predicted octanol–water partition coefficient (Wildman–Crippen LogP) is 3.13. The molecule has 0 radical (unpaired) electrons. The fraction of sp³-hybridized carbons (Fsp3) is 0.500. The van der Waals surface area contributed by atoms with Crippen LogP contribution in [0.4, 0.5) is 5.13 Å². The van der Waals surface area contributed by atoms with E-state index in [1.807, 2.05) is 18.5 Å². The van der Waals surface area contributed by atoms with E-state index in [9.17, 15) is 4.79 Å². The highest BCUT2D eigenvalue weighted by molar-refractivity contribution is 7.14. The monoisotopic (exact) mass is 324 g/mol. The minimum atomic E-state index is 0.0259. The van der Waals surface area contributed by atoms with E-state index in [0.29, 0.717) is 13.1 Å². The minimum Gasteiger partial charge on any atom is -0.302 e. The Morgan fingerprint density at radius 1 is 1.52 bits per heavy atom. The van der Waals surface area contributed by atoms with Gasteiger partial charge < -0.3 is 5.32 Å². The number of hydrogen-bond acceptors (Lipinski definition) is 6. The molecule has 0 aliphatic rings. The van der Waals surface area contributed by atoms with Gasteiger partial charge in [0.1, 0.15) is 5.01 Å². The molecule has 7 heteroatoms. The number of aromatic nitrogens is 2. The lowest BCUT2D eigenvalue weighted by molar-refractivity contribution is -0.116. The van der Waals surface area contributed by atoms with Crippen molar-refractivity contribution in [3.63, 3.8) is 0 Å². The Kier molecular flexibility index (Phi) is 5.44. The van der Waals surface area contributed by atoms with Gasteiger partial charge in [-0.15, -0.1) is 22.7 Å². The molecule has 0 spiro atoms. The van der Waals surface area contributed by atoms with Crippen LogP contribution >= 0.6 is 22.7 Å². The number of carbonyl (C=O) groups excluding carboxylic acids is 1. The van der Waals surface area contributed by atoms with Gasteiger partial charge in [-0.25, -0.2) is 9.97 Å². The van der Waals surface area contributed by atoms with Crippen molar-refractivity contribution in [3.05, 3.63) is 27.2 Å². The van der Waals surface area contributed by atoms with Gasteiger partial charge in [-0.3, -0.25) is 9.69 Å². The molecule has 0 aromatic carbocycles.